The molecule has 1 unspecified atom stereocenters. The summed E-state index contributed by atoms with van der Waals surface area (Å²) in [6, 6.07) is 4.29. The lowest BCUT2D eigenvalue weighted by atomic mass is 10.2. The van der Waals surface area contributed by atoms with Gasteiger partial charge in [-0.05, 0) is 40.9 Å². The fraction of sp³-hybridized carbons (Fsp3) is 0.375. The molecule has 1 fully saturated rings. The molecule has 28 heavy (non-hydrogen) atoms. The zero-order chi connectivity index (χ0) is 20.4. The monoisotopic (exact) mass is 480 g/mol. The number of alkyl halides is 3. The normalized spacial score (nSPS) is 18.2. The third-order valence-corrected chi connectivity index (χ3v) is 6.50. The van der Waals surface area contributed by atoms with Crippen LogP contribution in [0.4, 0.5) is 19.1 Å². The van der Waals surface area contributed by atoms with Gasteiger partial charge in [0, 0.05) is 31.5 Å². The van der Waals surface area contributed by atoms with Crippen molar-refractivity contribution in [3.8, 4) is 5.75 Å². The third-order valence-electron chi connectivity index (χ3n) is 4.10. The van der Waals surface area contributed by atoms with Crippen molar-refractivity contribution in [3.05, 3.63) is 41.1 Å². The summed E-state index contributed by atoms with van der Waals surface area (Å²) < 4.78 is 69.8. The van der Waals surface area contributed by atoms with E-state index in [9.17, 15) is 21.6 Å². The van der Waals surface area contributed by atoms with Gasteiger partial charge in [-0.25, -0.2) is 18.4 Å². The topological polar surface area (TPSA) is 84.4 Å². The number of ether oxygens (including phenoxy) is 1. The summed E-state index contributed by atoms with van der Waals surface area (Å²) in [6.07, 6.45) is -0.747. The van der Waals surface area contributed by atoms with E-state index in [4.69, 9.17) is 0 Å². The summed E-state index contributed by atoms with van der Waals surface area (Å²) in [5, 5.41) is 2.96. The number of hydrogen-bond acceptors (Lipinski definition) is 6. The molecule has 1 aromatic heterocycles. The molecule has 1 aliphatic heterocycles. The van der Waals surface area contributed by atoms with Gasteiger partial charge in [-0.1, -0.05) is 12.1 Å². The van der Waals surface area contributed by atoms with Gasteiger partial charge in [0.15, 0.2) is 0 Å². The van der Waals surface area contributed by atoms with Crippen LogP contribution in [0.1, 0.15) is 12.8 Å². The number of benzene rings is 1. The van der Waals surface area contributed by atoms with Gasteiger partial charge < -0.3 is 10.1 Å². The van der Waals surface area contributed by atoms with Gasteiger partial charge in [0.25, 0.3) is 0 Å². The predicted molar refractivity (Wildman–Crippen MR) is 98.3 cm³/mol. The molecule has 1 aromatic carbocycles. The van der Waals surface area contributed by atoms with Crippen molar-refractivity contribution in [3.63, 3.8) is 0 Å². The smallest absolute Gasteiger partial charge is 0.404 e. The molecule has 1 saturated heterocycles. The number of anilines is 1. The van der Waals surface area contributed by atoms with Crippen molar-refractivity contribution in [2.75, 3.05) is 18.4 Å². The van der Waals surface area contributed by atoms with Crippen LogP contribution < -0.4 is 10.1 Å². The maximum absolute atomic E-state index is 13.0. The summed E-state index contributed by atoms with van der Waals surface area (Å²) >= 11 is 3.22. The van der Waals surface area contributed by atoms with E-state index in [0.29, 0.717) is 23.3 Å². The van der Waals surface area contributed by atoms with E-state index in [0.717, 1.165) is 12.1 Å². The molecule has 1 aliphatic rings. The van der Waals surface area contributed by atoms with E-state index >= 15 is 0 Å². The highest BCUT2D eigenvalue weighted by Gasteiger charge is 2.39. The highest BCUT2D eigenvalue weighted by atomic mass is 79.9. The van der Waals surface area contributed by atoms with Crippen LogP contribution in [-0.4, -0.2) is 48.2 Å². The van der Waals surface area contributed by atoms with Gasteiger partial charge in [0.2, 0.25) is 16.0 Å². The van der Waals surface area contributed by atoms with Crippen LogP contribution in [0.15, 0.2) is 46.0 Å². The number of nitrogens with zero attached hydrogens (tertiary/aromatic N) is 3. The number of sulfonamides is 1. The molecule has 3 rings (SSSR count). The van der Waals surface area contributed by atoms with Crippen LogP contribution >= 0.6 is 15.9 Å². The first-order chi connectivity index (χ1) is 13.2. The van der Waals surface area contributed by atoms with E-state index in [-0.39, 0.29) is 13.1 Å². The minimum absolute atomic E-state index is 0.205. The van der Waals surface area contributed by atoms with E-state index in [1.165, 1.54) is 16.4 Å². The van der Waals surface area contributed by atoms with Gasteiger partial charge in [0.1, 0.15) is 10.6 Å². The molecule has 1 atom stereocenters. The van der Waals surface area contributed by atoms with Crippen molar-refractivity contribution in [1.82, 2.24) is 14.3 Å². The molecule has 1 N–H and O–H groups in total. The van der Waals surface area contributed by atoms with Gasteiger partial charge in [0.05, 0.1) is 4.47 Å². The van der Waals surface area contributed by atoms with Crippen LogP contribution in [0, 0.1) is 0 Å². The minimum Gasteiger partial charge on any atom is -0.404 e. The lowest BCUT2D eigenvalue weighted by molar-refractivity contribution is -0.275. The van der Waals surface area contributed by atoms with Gasteiger partial charge in [-0.3, -0.25) is 0 Å². The molecular formula is C16H16BrF3N4O3S. The summed E-state index contributed by atoms with van der Waals surface area (Å²) in [5.41, 5.74) is 0. The van der Waals surface area contributed by atoms with Crippen molar-refractivity contribution >= 4 is 31.9 Å². The highest BCUT2D eigenvalue weighted by molar-refractivity contribution is 9.10. The number of halogens is 4. The lowest BCUT2D eigenvalue weighted by Crippen LogP contribution is -2.40. The average Bonchev–Trinajstić information content (AvgIpc) is 3.10. The van der Waals surface area contributed by atoms with Crippen molar-refractivity contribution < 1.29 is 26.3 Å². The van der Waals surface area contributed by atoms with Gasteiger partial charge >= 0.3 is 6.36 Å². The first-order valence-electron chi connectivity index (χ1n) is 8.25. The Balaban J connectivity index is 1.80. The van der Waals surface area contributed by atoms with Crippen molar-refractivity contribution in [2.24, 2.45) is 0 Å². The van der Waals surface area contributed by atoms with Crippen molar-refractivity contribution in [1.29, 1.82) is 0 Å². The molecule has 0 amide bonds. The first-order valence-corrected chi connectivity index (χ1v) is 10.5. The Bertz CT molecular complexity index is 925. The summed E-state index contributed by atoms with van der Waals surface area (Å²) in [6.45, 7) is 0.430. The second-order valence-electron chi connectivity index (χ2n) is 6.01. The Labute approximate surface area is 168 Å². The fourth-order valence-electron chi connectivity index (χ4n) is 2.94. The third kappa shape index (κ3) is 4.92. The summed E-state index contributed by atoms with van der Waals surface area (Å²) in [5.74, 6) is -0.418. The Morgan fingerprint density at radius 3 is 2.61 bits per heavy atom. The maximum atomic E-state index is 13.0. The zero-order valence-corrected chi connectivity index (χ0v) is 16.8. The Morgan fingerprint density at radius 1 is 1.25 bits per heavy atom. The van der Waals surface area contributed by atoms with E-state index in [1.807, 2.05) is 0 Å². The van der Waals surface area contributed by atoms with E-state index < -0.39 is 33.1 Å². The van der Waals surface area contributed by atoms with Crippen LogP contribution in [0.2, 0.25) is 0 Å². The van der Waals surface area contributed by atoms with Gasteiger partial charge in [-0.2, -0.15) is 4.31 Å². The molecule has 0 spiro atoms. The quantitative estimate of drug-likeness (QED) is 0.681. The van der Waals surface area contributed by atoms with Crippen LogP contribution in [0.5, 0.6) is 5.75 Å². The first kappa shape index (κ1) is 20.8. The maximum Gasteiger partial charge on any atom is 0.573 e. The molecule has 0 aliphatic carbocycles. The number of nitrogens with one attached hydrogen (secondary N) is 1. The second-order valence-corrected chi connectivity index (χ2v) is 8.79. The molecule has 0 radical (unpaired) electrons. The Kier molecular flexibility index (Phi) is 6.10. The number of hydrogen-bond donors (Lipinski definition) is 1. The SMILES string of the molecule is O=S(=O)(c1ccccc1OC(F)(F)F)N1CCCC1CNc1ncc(Br)cn1. The largest absolute Gasteiger partial charge is 0.573 e. The molecule has 2 aromatic rings. The Hall–Kier alpha value is -1.92. The summed E-state index contributed by atoms with van der Waals surface area (Å²) in [4.78, 5) is 7.60. The molecule has 2 heterocycles. The van der Waals surface area contributed by atoms with Crippen LogP contribution in [0.3, 0.4) is 0 Å². The van der Waals surface area contributed by atoms with Crippen LogP contribution in [0.25, 0.3) is 0 Å². The second kappa shape index (κ2) is 8.21. The fourth-order valence-corrected chi connectivity index (χ4v) is 4.95. The van der Waals surface area contributed by atoms with E-state index in [1.54, 1.807) is 12.4 Å². The van der Waals surface area contributed by atoms with Crippen LogP contribution in [-0.2, 0) is 10.0 Å². The molecule has 0 saturated carbocycles. The summed E-state index contributed by atoms with van der Waals surface area (Å²) in [7, 11) is -4.18. The Morgan fingerprint density at radius 2 is 1.93 bits per heavy atom. The molecule has 12 heteroatoms. The highest BCUT2D eigenvalue weighted by Crippen LogP contribution is 2.34. The number of rotatable bonds is 6. The van der Waals surface area contributed by atoms with E-state index in [2.05, 4.69) is 36.0 Å². The number of para-hydroxylation sites is 1. The molecule has 7 nitrogen and oxygen atoms in total. The predicted octanol–water partition coefficient (Wildman–Crippen LogP) is 3.40. The lowest BCUT2D eigenvalue weighted by Gasteiger charge is -2.25. The molecule has 152 valence electrons. The van der Waals surface area contributed by atoms with Gasteiger partial charge in [-0.15, -0.1) is 13.2 Å². The standard InChI is InChI=1S/C16H16BrF3N4O3S/c17-11-8-21-15(22-9-11)23-10-12-4-3-7-24(12)28(25,26)14-6-2-1-5-13(14)27-16(18,19)20/h1-2,5-6,8-9,12H,3-4,7,10H2,(H,21,22,23). The minimum atomic E-state index is -4.99. The average molecular weight is 481 g/mol. The van der Waals surface area contributed by atoms with Crippen molar-refractivity contribution in [2.45, 2.75) is 30.1 Å². The zero-order valence-electron chi connectivity index (χ0n) is 14.4. The molecule has 0 bridgehead atoms. The molecular weight excluding hydrogens is 465 g/mol. The number of aromatic nitrogens is 2.